The SMILES string of the molecule is CCCN1CCC2(CC1)NC(=O)N(CC1CCN(C(=O)CCn3nccc3C)CC1)C2=O. The van der Waals surface area contributed by atoms with Crippen LogP contribution in [-0.4, -0.2) is 87.1 Å². The zero-order valence-corrected chi connectivity index (χ0v) is 19.4. The van der Waals surface area contributed by atoms with E-state index in [0.29, 0.717) is 45.4 Å². The number of nitrogens with zero attached hydrogens (tertiary/aromatic N) is 5. The van der Waals surface area contributed by atoms with E-state index in [-0.39, 0.29) is 23.8 Å². The Morgan fingerprint density at radius 2 is 1.88 bits per heavy atom. The summed E-state index contributed by atoms with van der Waals surface area (Å²) in [6.45, 7) is 9.31. The molecule has 0 bridgehead atoms. The van der Waals surface area contributed by atoms with Crippen LogP contribution in [0, 0.1) is 12.8 Å². The number of hydrogen-bond donors (Lipinski definition) is 1. The van der Waals surface area contributed by atoms with E-state index in [0.717, 1.165) is 44.6 Å². The summed E-state index contributed by atoms with van der Waals surface area (Å²) in [6, 6.07) is 1.69. The van der Waals surface area contributed by atoms with E-state index < -0.39 is 5.54 Å². The second-order valence-electron chi connectivity index (χ2n) is 9.54. The molecule has 9 nitrogen and oxygen atoms in total. The topological polar surface area (TPSA) is 90.8 Å². The van der Waals surface area contributed by atoms with Crippen LogP contribution < -0.4 is 5.32 Å². The molecule has 0 aromatic carbocycles. The lowest BCUT2D eigenvalue weighted by atomic mass is 9.87. The van der Waals surface area contributed by atoms with Gasteiger partial charge in [0.25, 0.3) is 5.91 Å². The van der Waals surface area contributed by atoms with Crippen LogP contribution in [0.25, 0.3) is 0 Å². The highest BCUT2D eigenvalue weighted by atomic mass is 16.2. The fourth-order valence-electron chi connectivity index (χ4n) is 5.27. The Kier molecular flexibility index (Phi) is 6.83. The molecule has 0 radical (unpaired) electrons. The van der Waals surface area contributed by atoms with Crippen molar-refractivity contribution in [3.8, 4) is 0 Å². The lowest BCUT2D eigenvalue weighted by molar-refractivity contribution is -0.135. The molecule has 4 amide bonds. The Balaban J connectivity index is 1.24. The average Bonchev–Trinajstić information content (AvgIpc) is 3.30. The van der Waals surface area contributed by atoms with Crippen LogP contribution in [0.15, 0.2) is 12.3 Å². The fraction of sp³-hybridized carbons (Fsp3) is 0.739. The summed E-state index contributed by atoms with van der Waals surface area (Å²) in [7, 11) is 0. The molecule has 3 aliphatic rings. The maximum absolute atomic E-state index is 13.2. The molecule has 3 fully saturated rings. The van der Waals surface area contributed by atoms with Crippen LogP contribution in [-0.2, 0) is 16.1 Å². The third kappa shape index (κ3) is 4.67. The minimum absolute atomic E-state index is 0.0493. The van der Waals surface area contributed by atoms with Gasteiger partial charge in [0.15, 0.2) is 0 Å². The molecule has 0 atom stereocenters. The van der Waals surface area contributed by atoms with Crippen LogP contribution in [0.4, 0.5) is 4.79 Å². The third-order valence-corrected chi connectivity index (χ3v) is 7.37. The smallest absolute Gasteiger partial charge is 0.325 e. The quantitative estimate of drug-likeness (QED) is 0.646. The number of imide groups is 1. The molecule has 0 unspecified atom stereocenters. The maximum Gasteiger partial charge on any atom is 0.325 e. The predicted molar refractivity (Wildman–Crippen MR) is 120 cm³/mol. The van der Waals surface area contributed by atoms with Gasteiger partial charge in [-0.15, -0.1) is 0 Å². The Labute approximate surface area is 190 Å². The van der Waals surface area contributed by atoms with Gasteiger partial charge in [-0.05, 0) is 57.6 Å². The lowest BCUT2D eigenvalue weighted by Gasteiger charge is -2.37. The van der Waals surface area contributed by atoms with Gasteiger partial charge in [-0.1, -0.05) is 6.92 Å². The molecular formula is C23H36N6O3. The number of nitrogens with one attached hydrogen (secondary N) is 1. The van der Waals surface area contributed by atoms with E-state index in [2.05, 4.69) is 22.2 Å². The Bertz CT molecular complexity index is 837. The van der Waals surface area contributed by atoms with Gasteiger partial charge in [-0.2, -0.15) is 5.10 Å². The maximum atomic E-state index is 13.2. The largest absolute Gasteiger partial charge is 0.343 e. The minimum atomic E-state index is -0.706. The van der Waals surface area contributed by atoms with Crippen molar-refractivity contribution in [1.82, 2.24) is 29.8 Å². The van der Waals surface area contributed by atoms with Gasteiger partial charge < -0.3 is 15.1 Å². The van der Waals surface area contributed by atoms with Crippen LogP contribution in [0.1, 0.15) is 51.1 Å². The van der Waals surface area contributed by atoms with E-state index in [9.17, 15) is 14.4 Å². The Morgan fingerprint density at radius 1 is 1.16 bits per heavy atom. The van der Waals surface area contributed by atoms with Crippen molar-refractivity contribution < 1.29 is 14.4 Å². The monoisotopic (exact) mass is 444 g/mol. The van der Waals surface area contributed by atoms with Gasteiger partial charge in [0.2, 0.25) is 5.91 Å². The molecule has 4 heterocycles. The molecule has 3 saturated heterocycles. The van der Waals surface area contributed by atoms with Crippen LogP contribution >= 0.6 is 0 Å². The number of urea groups is 1. The molecule has 32 heavy (non-hydrogen) atoms. The number of aryl methyl sites for hydroxylation is 2. The number of amides is 4. The highest BCUT2D eigenvalue weighted by Gasteiger charge is 2.52. The third-order valence-electron chi connectivity index (χ3n) is 7.37. The average molecular weight is 445 g/mol. The van der Waals surface area contributed by atoms with Crippen molar-refractivity contribution in [1.29, 1.82) is 0 Å². The molecule has 3 aliphatic heterocycles. The highest BCUT2D eigenvalue weighted by Crippen LogP contribution is 2.31. The van der Waals surface area contributed by atoms with E-state index in [4.69, 9.17) is 0 Å². The highest BCUT2D eigenvalue weighted by molar-refractivity contribution is 6.07. The van der Waals surface area contributed by atoms with Gasteiger partial charge >= 0.3 is 6.03 Å². The second-order valence-corrected chi connectivity index (χ2v) is 9.54. The second kappa shape index (κ2) is 9.60. The van der Waals surface area contributed by atoms with Crippen LogP contribution in [0.5, 0.6) is 0 Å². The molecule has 1 aromatic rings. The van der Waals surface area contributed by atoms with Crippen molar-refractivity contribution in [2.75, 3.05) is 39.3 Å². The van der Waals surface area contributed by atoms with Crippen LogP contribution in [0.2, 0.25) is 0 Å². The summed E-state index contributed by atoms with van der Waals surface area (Å²) in [6.07, 6.45) is 6.32. The number of carbonyl (C=O) groups is 3. The summed E-state index contributed by atoms with van der Waals surface area (Å²) in [5.41, 5.74) is 0.349. The number of aromatic nitrogens is 2. The number of rotatable bonds is 7. The zero-order valence-electron chi connectivity index (χ0n) is 19.4. The van der Waals surface area contributed by atoms with Gasteiger partial charge in [0.05, 0.1) is 0 Å². The van der Waals surface area contributed by atoms with Crippen molar-refractivity contribution in [3.63, 3.8) is 0 Å². The predicted octanol–water partition coefficient (Wildman–Crippen LogP) is 1.62. The summed E-state index contributed by atoms with van der Waals surface area (Å²) in [5.74, 6) is 0.343. The normalized spacial score (nSPS) is 22.1. The van der Waals surface area contributed by atoms with Gasteiger partial charge in [-0.25, -0.2) is 4.79 Å². The number of carbonyl (C=O) groups excluding carboxylic acids is 3. The van der Waals surface area contributed by atoms with Gasteiger partial charge in [-0.3, -0.25) is 19.2 Å². The van der Waals surface area contributed by atoms with Crippen molar-refractivity contribution in [2.24, 2.45) is 5.92 Å². The summed E-state index contributed by atoms with van der Waals surface area (Å²) in [5, 5.41) is 7.25. The van der Waals surface area contributed by atoms with Crippen LogP contribution in [0.3, 0.4) is 0 Å². The molecule has 1 aromatic heterocycles. The Morgan fingerprint density at radius 3 is 2.50 bits per heavy atom. The first-order chi connectivity index (χ1) is 15.4. The molecule has 0 aliphatic carbocycles. The van der Waals surface area contributed by atoms with Gasteiger partial charge in [0, 0.05) is 57.6 Å². The molecule has 1 N–H and O–H groups in total. The first-order valence-corrected chi connectivity index (χ1v) is 12.0. The zero-order chi connectivity index (χ0) is 22.7. The molecule has 0 saturated carbocycles. The van der Waals surface area contributed by atoms with E-state index >= 15 is 0 Å². The minimum Gasteiger partial charge on any atom is -0.343 e. The number of hydrogen-bond acceptors (Lipinski definition) is 5. The molecule has 9 heteroatoms. The summed E-state index contributed by atoms with van der Waals surface area (Å²) >= 11 is 0. The molecular weight excluding hydrogens is 408 g/mol. The molecule has 4 rings (SSSR count). The van der Waals surface area contributed by atoms with E-state index in [1.165, 1.54) is 4.90 Å². The van der Waals surface area contributed by atoms with E-state index in [1.54, 1.807) is 6.20 Å². The molecule has 176 valence electrons. The number of piperidine rings is 2. The standard InChI is InChI=1S/C23H36N6O3/c1-3-11-26-15-8-23(9-16-26)21(31)28(22(32)25-23)17-19-5-12-27(13-6-19)20(30)7-14-29-18(2)4-10-24-29/h4,10,19H,3,5-9,11-17H2,1-2H3,(H,25,32). The van der Waals surface area contributed by atoms with E-state index in [1.807, 2.05) is 22.6 Å². The van der Waals surface area contributed by atoms with Crippen molar-refractivity contribution in [2.45, 2.75) is 64.5 Å². The first kappa shape index (κ1) is 22.8. The summed E-state index contributed by atoms with van der Waals surface area (Å²) < 4.78 is 1.85. The Hall–Kier alpha value is -2.42. The van der Waals surface area contributed by atoms with Gasteiger partial charge in [0.1, 0.15) is 5.54 Å². The fourth-order valence-corrected chi connectivity index (χ4v) is 5.27. The lowest BCUT2D eigenvalue weighted by Crippen LogP contribution is -2.55. The summed E-state index contributed by atoms with van der Waals surface area (Å²) in [4.78, 5) is 44.1. The number of likely N-dealkylation sites (tertiary alicyclic amines) is 2. The van der Waals surface area contributed by atoms with Crippen molar-refractivity contribution >= 4 is 17.8 Å². The molecule has 1 spiro atoms. The first-order valence-electron chi connectivity index (χ1n) is 12.0. The van der Waals surface area contributed by atoms with Crippen molar-refractivity contribution in [3.05, 3.63) is 18.0 Å².